The van der Waals surface area contributed by atoms with Crippen LogP contribution in [-0.4, -0.2) is 67.3 Å². The number of aliphatic hydroxyl groups is 1. The van der Waals surface area contributed by atoms with E-state index in [4.69, 9.17) is 10.00 Å². The van der Waals surface area contributed by atoms with Crippen LogP contribution in [0.5, 0.6) is 0 Å². The largest absolute Gasteiger partial charge is 0.396 e. The second-order valence-electron chi connectivity index (χ2n) is 7.23. The molecule has 1 aromatic rings. The number of fused-ring (bicyclic) bond motifs is 1. The van der Waals surface area contributed by atoms with Crippen molar-refractivity contribution in [3.05, 3.63) is 35.4 Å². The predicted octanol–water partition coefficient (Wildman–Crippen LogP) is 0.847. The molecule has 6 heteroatoms. The van der Waals surface area contributed by atoms with E-state index in [2.05, 4.69) is 11.0 Å². The molecule has 1 amide bonds. The van der Waals surface area contributed by atoms with Crippen LogP contribution in [-0.2, 0) is 16.1 Å². The summed E-state index contributed by atoms with van der Waals surface area (Å²) in [4.78, 5) is 16.3. The molecule has 0 aliphatic carbocycles. The van der Waals surface area contributed by atoms with Gasteiger partial charge < -0.3 is 14.7 Å². The molecule has 0 aromatic heterocycles. The highest BCUT2D eigenvalue weighted by Crippen LogP contribution is 2.42. The number of amides is 1. The van der Waals surface area contributed by atoms with E-state index in [-0.39, 0.29) is 24.5 Å². The summed E-state index contributed by atoms with van der Waals surface area (Å²) in [6.45, 7) is 4.05. The molecule has 2 unspecified atom stereocenters. The number of nitrogens with zero attached hydrogens (tertiary/aromatic N) is 3. The summed E-state index contributed by atoms with van der Waals surface area (Å²) in [6.07, 6.45) is 0.980. The highest BCUT2D eigenvalue weighted by Gasteiger charge is 2.50. The van der Waals surface area contributed by atoms with Crippen molar-refractivity contribution in [1.82, 2.24) is 9.80 Å². The minimum absolute atomic E-state index is 0.00312. The number of ether oxygens (including phenoxy) is 1. The van der Waals surface area contributed by atoms with Crippen LogP contribution in [0.2, 0.25) is 0 Å². The summed E-state index contributed by atoms with van der Waals surface area (Å²) in [6, 6.07) is 9.78. The normalized spacial score (nSPS) is 26.3. The van der Waals surface area contributed by atoms with E-state index in [0.717, 1.165) is 31.6 Å². The van der Waals surface area contributed by atoms with Gasteiger partial charge in [0.1, 0.15) is 6.61 Å². The Morgan fingerprint density at radius 2 is 2.16 bits per heavy atom. The first kappa shape index (κ1) is 17.9. The Labute approximate surface area is 148 Å². The monoisotopic (exact) mass is 343 g/mol. The van der Waals surface area contributed by atoms with Gasteiger partial charge in [-0.2, -0.15) is 5.26 Å². The molecule has 2 aliphatic rings. The first-order chi connectivity index (χ1) is 12.1. The number of rotatable bonds is 5. The zero-order valence-electron chi connectivity index (χ0n) is 14.6. The average Bonchev–Trinajstić information content (AvgIpc) is 3.02. The molecule has 0 spiro atoms. The van der Waals surface area contributed by atoms with Crippen molar-refractivity contribution in [2.45, 2.75) is 13.0 Å². The van der Waals surface area contributed by atoms with Gasteiger partial charge in [-0.25, -0.2) is 0 Å². The maximum Gasteiger partial charge on any atom is 0.248 e. The van der Waals surface area contributed by atoms with Gasteiger partial charge in [0.05, 0.1) is 18.2 Å². The molecule has 3 rings (SSSR count). The summed E-state index contributed by atoms with van der Waals surface area (Å²) in [5, 5.41) is 19.0. The summed E-state index contributed by atoms with van der Waals surface area (Å²) >= 11 is 0. The quantitative estimate of drug-likeness (QED) is 0.858. The lowest BCUT2D eigenvalue weighted by molar-refractivity contribution is -0.134. The summed E-state index contributed by atoms with van der Waals surface area (Å²) in [5.74, 6) is 0.346. The van der Waals surface area contributed by atoms with Crippen LogP contribution in [0.25, 0.3) is 0 Å². The van der Waals surface area contributed by atoms with Gasteiger partial charge in [0, 0.05) is 38.7 Å². The summed E-state index contributed by atoms with van der Waals surface area (Å²) in [7, 11) is 1.53. The highest BCUT2D eigenvalue weighted by molar-refractivity contribution is 5.77. The first-order valence-electron chi connectivity index (χ1n) is 8.69. The number of methoxy groups -OCH3 is 1. The van der Waals surface area contributed by atoms with Crippen LogP contribution in [0.3, 0.4) is 0 Å². The Morgan fingerprint density at radius 3 is 2.80 bits per heavy atom. The number of hydrogen-bond acceptors (Lipinski definition) is 5. The Balaban J connectivity index is 1.67. The van der Waals surface area contributed by atoms with Gasteiger partial charge >= 0.3 is 0 Å². The molecule has 134 valence electrons. The van der Waals surface area contributed by atoms with Crippen molar-refractivity contribution >= 4 is 5.91 Å². The number of carbonyl (C=O) groups is 1. The van der Waals surface area contributed by atoms with Crippen LogP contribution in [0.1, 0.15) is 17.5 Å². The molecule has 1 N–H and O–H groups in total. The molecule has 0 saturated carbocycles. The molecule has 2 aliphatic heterocycles. The fraction of sp³-hybridized carbons (Fsp3) is 0.579. The topological polar surface area (TPSA) is 76.8 Å². The molecule has 6 nitrogen and oxygen atoms in total. The Hall–Kier alpha value is -1.94. The van der Waals surface area contributed by atoms with Crippen LogP contribution in [0, 0.1) is 22.7 Å². The number of likely N-dealkylation sites (tertiary alicyclic amines) is 2. The lowest BCUT2D eigenvalue weighted by Crippen LogP contribution is -2.50. The van der Waals surface area contributed by atoms with Crippen molar-refractivity contribution in [2.24, 2.45) is 11.3 Å². The number of piperidine rings is 1. The van der Waals surface area contributed by atoms with Crippen LogP contribution in [0.15, 0.2) is 24.3 Å². The van der Waals surface area contributed by atoms with Crippen LogP contribution < -0.4 is 0 Å². The molecular formula is C19H25N3O3. The fourth-order valence-corrected chi connectivity index (χ4v) is 4.18. The summed E-state index contributed by atoms with van der Waals surface area (Å²) < 4.78 is 4.97. The average molecular weight is 343 g/mol. The predicted molar refractivity (Wildman–Crippen MR) is 92.5 cm³/mol. The third kappa shape index (κ3) is 3.69. The second kappa shape index (κ2) is 7.52. The molecule has 1 aromatic carbocycles. The Kier molecular flexibility index (Phi) is 5.38. The molecule has 0 bridgehead atoms. The lowest BCUT2D eigenvalue weighted by Gasteiger charge is -2.43. The van der Waals surface area contributed by atoms with E-state index in [1.807, 2.05) is 29.2 Å². The van der Waals surface area contributed by atoms with Gasteiger partial charge in [-0.3, -0.25) is 9.69 Å². The molecule has 2 heterocycles. The third-order valence-corrected chi connectivity index (χ3v) is 5.57. The van der Waals surface area contributed by atoms with Crippen molar-refractivity contribution in [1.29, 1.82) is 5.26 Å². The molecule has 2 atom stereocenters. The molecular weight excluding hydrogens is 318 g/mol. The SMILES string of the molecule is COCC(=O)N1CC2CCN(Cc3ccc(C#N)cc3)CC2(CO)C1. The van der Waals surface area contributed by atoms with E-state index in [1.165, 1.54) is 7.11 Å². The van der Waals surface area contributed by atoms with E-state index in [1.54, 1.807) is 0 Å². The molecule has 2 saturated heterocycles. The molecule has 25 heavy (non-hydrogen) atoms. The Morgan fingerprint density at radius 1 is 1.40 bits per heavy atom. The standard InChI is InChI=1S/C19H25N3O3/c1-25-11-18(24)22-10-17-6-7-21(12-19(17,13-22)14-23)9-16-4-2-15(8-20)3-5-16/h2-5,17,23H,6-7,9-14H2,1H3. The second-order valence-corrected chi connectivity index (χ2v) is 7.23. The Bertz CT molecular complexity index is 655. The number of nitriles is 1. The van der Waals surface area contributed by atoms with E-state index in [0.29, 0.717) is 24.6 Å². The van der Waals surface area contributed by atoms with E-state index < -0.39 is 0 Å². The van der Waals surface area contributed by atoms with Gasteiger partial charge in [0.2, 0.25) is 5.91 Å². The number of carbonyl (C=O) groups excluding carboxylic acids is 1. The molecule has 2 fully saturated rings. The van der Waals surface area contributed by atoms with Gasteiger partial charge in [0.25, 0.3) is 0 Å². The number of benzene rings is 1. The maximum atomic E-state index is 12.2. The van der Waals surface area contributed by atoms with E-state index in [9.17, 15) is 9.90 Å². The third-order valence-electron chi connectivity index (χ3n) is 5.57. The van der Waals surface area contributed by atoms with Crippen molar-refractivity contribution in [2.75, 3.05) is 46.5 Å². The first-order valence-corrected chi connectivity index (χ1v) is 8.69. The van der Waals surface area contributed by atoms with Crippen molar-refractivity contribution in [3.8, 4) is 6.07 Å². The minimum atomic E-state index is -0.242. The maximum absolute atomic E-state index is 12.2. The van der Waals surface area contributed by atoms with Crippen molar-refractivity contribution in [3.63, 3.8) is 0 Å². The fourth-order valence-electron chi connectivity index (χ4n) is 4.18. The van der Waals surface area contributed by atoms with Gasteiger partial charge in [0.15, 0.2) is 0 Å². The summed E-state index contributed by atoms with van der Waals surface area (Å²) in [5.41, 5.74) is 1.59. The zero-order chi connectivity index (χ0) is 17.9. The van der Waals surface area contributed by atoms with Gasteiger partial charge in [-0.05, 0) is 36.6 Å². The number of hydrogen-bond donors (Lipinski definition) is 1. The van der Waals surface area contributed by atoms with Crippen LogP contribution in [0.4, 0.5) is 0 Å². The van der Waals surface area contributed by atoms with Crippen molar-refractivity contribution < 1.29 is 14.6 Å². The number of aliphatic hydroxyl groups excluding tert-OH is 1. The molecule has 0 radical (unpaired) electrons. The van der Waals surface area contributed by atoms with Crippen LogP contribution >= 0.6 is 0 Å². The van der Waals surface area contributed by atoms with Gasteiger partial charge in [-0.1, -0.05) is 12.1 Å². The minimum Gasteiger partial charge on any atom is -0.396 e. The lowest BCUT2D eigenvalue weighted by atomic mass is 9.74. The zero-order valence-corrected chi connectivity index (χ0v) is 14.6. The smallest absolute Gasteiger partial charge is 0.248 e. The van der Waals surface area contributed by atoms with Gasteiger partial charge in [-0.15, -0.1) is 0 Å². The highest BCUT2D eigenvalue weighted by atomic mass is 16.5. The van der Waals surface area contributed by atoms with E-state index >= 15 is 0 Å².